The van der Waals surface area contributed by atoms with Gasteiger partial charge >= 0.3 is 0 Å². The van der Waals surface area contributed by atoms with E-state index in [1.807, 2.05) is 60.3 Å². The lowest BCUT2D eigenvalue weighted by Crippen LogP contribution is -2.45. The lowest BCUT2D eigenvalue weighted by atomic mass is 10.1. The maximum Gasteiger partial charge on any atom is 0.233 e. The maximum absolute atomic E-state index is 12.6. The first-order valence-electron chi connectivity index (χ1n) is 8.72. The summed E-state index contributed by atoms with van der Waals surface area (Å²) < 4.78 is 5.93. The molecule has 6 nitrogen and oxygen atoms in total. The van der Waals surface area contributed by atoms with Crippen LogP contribution in [-0.4, -0.2) is 54.3 Å². The Kier molecular flexibility index (Phi) is 5.93. The van der Waals surface area contributed by atoms with Crippen LogP contribution in [0.4, 0.5) is 5.82 Å². The lowest BCUT2D eigenvalue weighted by Gasteiger charge is -2.32. The van der Waals surface area contributed by atoms with Gasteiger partial charge in [0.25, 0.3) is 0 Å². The average Bonchev–Trinajstić information content (AvgIpc) is 2.64. The van der Waals surface area contributed by atoms with Gasteiger partial charge in [-0.15, -0.1) is 10.2 Å². The van der Waals surface area contributed by atoms with Crippen molar-refractivity contribution in [3.63, 3.8) is 0 Å². The number of carbonyl (C=O) groups is 1. The van der Waals surface area contributed by atoms with E-state index in [0.717, 1.165) is 30.8 Å². The minimum atomic E-state index is -0.0709. The summed E-state index contributed by atoms with van der Waals surface area (Å²) in [6.45, 7) is 1.30. The fourth-order valence-electron chi connectivity index (χ4n) is 2.96. The predicted octanol–water partition coefficient (Wildman–Crippen LogP) is 2.81. The molecule has 1 aromatic carbocycles. The molecule has 1 amide bonds. The zero-order valence-corrected chi connectivity index (χ0v) is 15.8. The molecule has 138 valence electrons. The van der Waals surface area contributed by atoms with Crippen molar-refractivity contribution in [3.05, 3.63) is 47.0 Å². The molecular formula is C19H23ClN4O2. The Morgan fingerprint density at radius 3 is 2.77 bits per heavy atom. The van der Waals surface area contributed by atoms with E-state index in [-0.39, 0.29) is 12.0 Å². The second-order valence-electron chi connectivity index (χ2n) is 6.61. The Balaban J connectivity index is 1.58. The predicted molar refractivity (Wildman–Crippen MR) is 102 cm³/mol. The molecule has 1 fully saturated rings. The zero-order valence-electron chi connectivity index (χ0n) is 15.1. The topological polar surface area (TPSA) is 58.6 Å². The molecule has 3 rings (SSSR count). The van der Waals surface area contributed by atoms with Gasteiger partial charge in [0.2, 0.25) is 11.8 Å². The molecule has 0 bridgehead atoms. The first-order valence-corrected chi connectivity index (χ1v) is 9.09. The number of piperidine rings is 1. The molecule has 1 aliphatic heterocycles. The summed E-state index contributed by atoms with van der Waals surface area (Å²) in [6, 6.07) is 11.1. The van der Waals surface area contributed by atoms with Gasteiger partial charge in [-0.05, 0) is 30.5 Å². The molecule has 1 unspecified atom stereocenters. The van der Waals surface area contributed by atoms with Crippen LogP contribution in [0, 0.1) is 0 Å². The number of nitrogens with zero attached hydrogens (tertiary/aromatic N) is 4. The first kappa shape index (κ1) is 18.5. The van der Waals surface area contributed by atoms with Gasteiger partial charge in [-0.3, -0.25) is 4.79 Å². The number of ether oxygens (including phenoxy) is 1. The van der Waals surface area contributed by atoms with Crippen molar-refractivity contribution in [3.8, 4) is 5.88 Å². The third-order valence-electron chi connectivity index (χ3n) is 4.40. The van der Waals surface area contributed by atoms with Gasteiger partial charge in [0, 0.05) is 31.7 Å². The standard InChI is InChI=1S/C19H23ClN4O2/c1-23(2)17-9-10-18(22-21-17)26-15-7-5-11-24(13-15)19(25)12-14-6-3-4-8-16(14)20/h3-4,6,8-10,15H,5,7,11-13H2,1-2H3. The molecule has 0 aliphatic carbocycles. The lowest BCUT2D eigenvalue weighted by molar-refractivity contribution is -0.133. The molecule has 0 saturated carbocycles. The van der Waals surface area contributed by atoms with E-state index in [0.29, 0.717) is 23.9 Å². The second-order valence-corrected chi connectivity index (χ2v) is 7.02. The third-order valence-corrected chi connectivity index (χ3v) is 4.77. The van der Waals surface area contributed by atoms with E-state index < -0.39 is 0 Å². The van der Waals surface area contributed by atoms with Crippen LogP contribution in [0.2, 0.25) is 5.02 Å². The fourth-order valence-corrected chi connectivity index (χ4v) is 3.17. The molecule has 2 aromatic rings. The Morgan fingerprint density at radius 2 is 2.08 bits per heavy atom. The molecule has 0 spiro atoms. The van der Waals surface area contributed by atoms with Crippen LogP contribution in [0.3, 0.4) is 0 Å². The van der Waals surface area contributed by atoms with Gasteiger partial charge in [0.1, 0.15) is 6.10 Å². The van der Waals surface area contributed by atoms with E-state index >= 15 is 0 Å². The summed E-state index contributed by atoms with van der Waals surface area (Å²) >= 11 is 6.16. The highest BCUT2D eigenvalue weighted by Gasteiger charge is 2.25. The van der Waals surface area contributed by atoms with Crippen molar-refractivity contribution in [1.82, 2.24) is 15.1 Å². The van der Waals surface area contributed by atoms with Crippen LogP contribution < -0.4 is 9.64 Å². The van der Waals surface area contributed by atoms with Gasteiger partial charge < -0.3 is 14.5 Å². The Morgan fingerprint density at radius 1 is 1.27 bits per heavy atom. The SMILES string of the molecule is CN(C)c1ccc(OC2CCCN(C(=O)Cc3ccccc3Cl)C2)nn1. The van der Waals surface area contributed by atoms with Crippen molar-refractivity contribution in [2.45, 2.75) is 25.4 Å². The molecule has 2 heterocycles. The van der Waals surface area contributed by atoms with Gasteiger partial charge in [0.15, 0.2) is 5.82 Å². The summed E-state index contributed by atoms with van der Waals surface area (Å²) in [6.07, 6.45) is 2.04. The number of aromatic nitrogens is 2. The number of hydrogen-bond acceptors (Lipinski definition) is 5. The first-order chi connectivity index (χ1) is 12.5. The zero-order chi connectivity index (χ0) is 18.5. The third kappa shape index (κ3) is 4.64. The van der Waals surface area contributed by atoms with Crippen LogP contribution >= 0.6 is 11.6 Å². The fraction of sp³-hybridized carbons (Fsp3) is 0.421. The second kappa shape index (κ2) is 8.36. The highest BCUT2D eigenvalue weighted by Crippen LogP contribution is 2.20. The number of benzene rings is 1. The molecule has 1 atom stereocenters. The van der Waals surface area contributed by atoms with Gasteiger partial charge in [-0.1, -0.05) is 29.8 Å². The summed E-state index contributed by atoms with van der Waals surface area (Å²) in [5.41, 5.74) is 0.854. The van der Waals surface area contributed by atoms with E-state index in [9.17, 15) is 4.79 Å². The quantitative estimate of drug-likeness (QED) is 0.805. The molecule has 1 aromatic heterocycles. The van der Waals surface area contributed by atoms with Crippen LogP contribution in [0.15, 0.2) is 36.4 Å². The largest absolute Gasteiger partial charge is 0.471 e. The summed E-state index contributed by atoms with van der Waals surface area (Å²) in [5, 5.41) is 8.85. The Bertz CT molecular complexity index is 751. The van der Waals surface area contributed by atoms with Crippen molar-refractivity contribution < 1.29 is 9.53 Å². The van der Waals surface area contributed by atoms with Crippen LogP contribution in [0.1, 0.15) is 18.4 Å². The smallest absolute Gasteiger partial charge is 0.233 e. The minimum absolute atomic E-state index is 0.0699. The number of hydrogen-bond donors (Lipinski definition) is 0. The summed E-state index contributed by atoms with van der Waals surface area (Å²) in [5.74, 6) is 1.33. The number of rotatable bonds is 5. The highest BCUT2D eigenvalue weighted by atomic mass is 35.5. The summed E-state index contributed by atoms with van der Waals surface area (Å²) in [7, 11) is 3.82. The number of carbonyl (C=O) groups excluding carboxylic acids is 1. The van der Waals surface area contributed by atoms with Gasteiger partial charge in [0.05, 0.1) is 13.0 Å². The van der Waals surface area contributed by atoms with Crippen molar-refractivity contribution in [1.29, 1.82) is 0 Å². The van der Waals surface area contributed by atoms with Crippen molar-refractivity contribution in [2.75, 3.05) is 32.1 Å². The Labute approximate surface area is 158 Å². The molecule has 1 saturated heterocycles. The van der Waals surface area contributed by atoms with Crippen LogP contribution in [-0.2, 0) is 11.2 Å². The molecule has 26 heavy (non-hydrogen) atoms. The van der Waals surface area contributed by atoms with E-state index in [4.69, 9.17) is 16.3 Å². The molecule has 1 aliphatic rings. The minimum Gasteiger partial charge on any atom is -0.471 e. The summed E-state index contributed by atoms with van der Waals surface area (Å²) in [4.78, 5) is 16.3. The van der Waals surface area contributed by atoms with Gasteiger partial charge in [-0.2, -0.15) is 0 Å². The number of likely N-dealkylation sites (tertiary alicyclic amines) is 1. The monoisotopic (exact) mass is 374 g/mol. The molecule has 0 radical (unpaired) electrons. The van der Waals surface area contributed by atoms with Crippen molar-refractivity contribution in [2.24, 2.45) is 0 Å². The van der Waals surface area contributed by atoms with E-state index in [1.54, 1.807) is 0 Å². The van der Waals surface area contributed by atoms with E-state index in [1.165, 1.54) is 0 Å². The van der Waals surface area contributed by atoms with E-state index in [2.05, 4.69) is 10.2 Å². The molecular weight excluding hydrogens is 352 g/mol. The normalized spacial score (nSPS) is 17.0. The molecule has 0 N–H and O–H groups in total. The van der Waals surface area contributed by atoms with Crippen LogP contribution in [0.25, 0.3) is 0 Å². The number of anilines is 1. The highest BCUT2D eigenvalue weighted by molar-refractivity contribution is 6.31. The average molecular weight is 375 g/mol. The molecule has 7 heteroatoms. The number of halogens is 1. The Hall–Kier alpha value is -2.34. The van der Waals surface area contributed by atoms with Crippen LogP contribution in [0.5, 0.6) is 5.88 Å². The van der Waals surface area contributed by atoms with Gasteiger partial charge in [-0.25, -0.2) is 0 Å². The van der Waals surface area contributed by atoms with Crippen molar-refractivity contribution >= 4 is 23.3 Å². The maximum atomic E-state index is 12.6. The number of amides is 1.